The van der Waals surface area contributed by atoms with Gasteiger partial charge in [0.1, 0.15) is 0 Å². The number of nitriles is 1. The van der Waals surface area contributed by atoms with E-state index in [9.17, 15) is 14.9 Å². The van der Waals surface area contributed by atoms with Crippen LogP contribution in [0.1, 0.15) is 23.3 Å². The van der Waals surface area contributed by atoms with Gasteiger partial charge in [0.15, 0.2) is 0 Å². The van der Waals surface area contributed by atoms with Crippen molar-refractivity contribution in [1.82, 2.24) is 5.32 Å². The summed E-state index contributed by atoms with van der Waals surface area (Å²) in [6, 6.07) is 22.9. The van der Waals surface area contributed by atoms with Crippen molar-refractivity contribution in [3.63, 3.8) is 0 Å². The molecule has 0 unspecified atom stereocenters. The molecule has 3 N–H and O–H groups in total. The number of benzene rings is 2. The van der Waals surface area contributed by atoms with E-state index in [4.69, 9.17) is 0 Å². The summed E-state index contributed by atoms with van der Waals surface area (Å²) in [5.41, 5.74) is 4.02. The molecule has 2 aromatic carbocycles. The first-order chi connectivity index (χ1) is 17.0. The Labute approximate surface area is 212 Å². The maximum Gasteiger partial charge on any atom is 0.254 e. The van der Waals surface area contributed by atoms with Gasteiger partial charge >= 0.3 is 0 Å². The normalized spacial score (nSPS) is 15.3. The van der Waals surface area contributed by atoms with Gasteiger partial charge in [-0.25, -0.2) is 0 Å². The summed E-state index contributed by atoms with van der Waals surface area (Å²) in [5.74, 6) is -0.841. The molecule has 176 valence electrons. The number of anilines is 2. The fourth-order valence-electron chi connectivity index (χ4n) is 3.85. The number of hydrogen-bond donors (Lipinski definition) is 3. The number of dihydropyridines is 1. The van der Waals surface area contributed by atoms with Crippen LogP contribution in [-0.4, -0.2) is 17.6 Å². The highest BCUT2D eigenvalue weighted by molar-refractivity contribution is 8.03. The Morgan fingerprint density at radius 3 is 2.49 bits per heavy atom. The number of rotatable bonds is 7. The standard InChI is InChI=1S/C27H24N4O2S2/c1-17-8-6-11-20(14-17)30-23(32)16-35-27-21(15-28)25(22-12-7-13-34-22)24(18(2)29-27)26(33)31-19-9-4-3-5-10-19/h3-14,25,29H,16H2,1-2H3,(H,30,32)(H,31,33)/t25-/m0/s1. The van der Waals surface area contributed by atoms with E-state index >= 15 is 0 Å². The minimum atomic E-state index is -0.521. The number of carbonyl (C=O) groups is 2. The Morgan fingerprint density at radius 2 is 1.80 bits per heavy atom. The van der Waals surface area contributed by atoms with Crippen LogP contribution < -0.4 is 16.0 Å². The van der Waals surface area contributed by atoms with Crippen molar-refractivity contribution < 1.29 is 9.59 Å². The number of para-hydroxylation sites is 1. The number of aryl methyl sites for hydroxylation is 1. The average molecular weight is 501 g/mol. The molecule has 8 heteroatoms. The fraction of sp³-hybridized carbons (Fsp3) is 0.148. The maximum absolute atomic E-state index is 13.3. The highest BCUT2D eigenvalue weighted by atomic mass is 32.2. The minimum absolute atomic E-state index is 0.122. The fourth-order valence-corrected chi connectivity index (χ4v) is 5.58. The second-order valence-corrected chi connectivity index (χ2v) is 9.96. The van der Waals surface area contributed by atoms with E-state index < -0.39 is 5.92 Å². The molecule has 0 spiro atoms. The second-order valence-electron chi connectivity index (χ2n) is 7.99. The number of nitrogens with one attached hydrogen (secondary N) is 3. The van der Waals surface area contributed by atoms with Gasteiger partial charge in [-0.1, -0.05) is 48.2 Å². The third-order valence-electron chi connectivity index (χ3n) is 5.40. The van der Waals surface area contributed by atoms with E-state index in [0.717, 1.165) is 16.1 Å². The summed E-state index contributed by atoms with van der Waals surface area (Å²) in [6.45, 7) is 3.79. The van der Waals surface area contributed by atoms with Gasteiger partial charge in [0.05, 0.1) is 28.3 Å². The van der Waals surface area contributed by atoms with Crippen LogP contribution in [0.25, 0.3) is 0 Å². The predicted octanol–water partition coefficient (Wildman–Crippen LogP) is 5.76. The molecular formula is C27H24N4O2S2. The molecule has 1 aliphatic heterocycles. The van der Waals surface area contributed by atoms with Crippen molar-refractivity contribution in [3.05, 3.63) is 104 Å². The summed E-state index contributed by atoms with van der Waals surface area (Å²) < 4.78 is 0. The molecule has 6 nitrogen and oxygen atoms in total. The van der Waals surface area contributed by atoms with Gasteiger partial charge < -0.3 is 16.0 Å². The molecule has 2 amide bonds. The highest BCUT2D eigenvalue weighted by Crippen LogP contribution is 2.42. The molecule has 0 aliphatic carbocycles. The third-order valence-corrected chi connectivity index (χ3v) is 7.36. The van der Waals surface area contributed by atoms with Crippen LogP contribution in [0.5, 0.6) is 0 Å². The zero-order valence-corrected chi connectivity index (χ0v) is 20.9. The summed E-state index contributed by atoms with van der Waals surface area (Å²) in [5, 5.41) is 21.7. The lowest BCUT2D eigenvalue weighted by atomic mass is 9.86. The summed E-state index contributed by atoms with van der Waals surface area (Å²) in [4.78, 5) is 26.8. The monoisotopic (exact) mass is 500 g/mol. The molecule has 3 aromatic rings. The molecule has 1 aliphatic rings. The number of nitrogens with zero attached hydrogens (tertiary/aromatic N) is 1. The molecule has 0 saturated carbocycles. The molecular weight excluding hydrogens is 476 g/mol. The van der Waals surface area contributed by atoms with Crippen LogP contribution >= 0.6 is 23.1 Å². The SMILES string of the molecule is CC1=C(C(=O)Nc2ccccc2)[C@H](c2cccs2)C(C#N)=C(SCC(=O)Nc2cccc(C)c2)N1. The number of carbonyl (C=O) groups excluding carboxylic acids is 2. The minimum Gasteiger partial charge on any atom is -0.353 e. The molecule has 1 aromatic heterocycles. The largest absolute Gasteiger partial charge is 0.353 e. The number of allylic oxidation sites excluding steroid dienone is 2. The van der Waals surface area contributed by atoms with Crippen molar-refractivity contribution in [2.45, 2.75) is 19.8 Å². The summed E-state index contributed by atoms with van der Waals surface area (Å²) >= 11 is 2.75. The lowest BCUT2D eigenvalue weighted by Gasteiger charge is -2.29. The van der Waals surface area contributed by atoms with Gasteiger partial charge in [0.2, 0.25) is 5.91 Å². The first-order valence-corrected chi connectivity index (χ1v) is 12.8. The van der Waals surface area contributed by atoms with Crippen molar-refractivity contribution >= 4 is 46.3 Å². The predicted molar refractivity (Wildman–Crippen MR) is 143 cm³/mol. The zero-order valence-electron chi connectivity index (χ0n) is 19.3. The van der Waals surface area contributed by atoms with E-state index in [1.165, 1.54) is 23.1 Å². The van der Waals surface area contributed by atoms with Gasteiger partial charge in [-0.3, -0.25) is 9.59 Å². The van der Waals surface area contributed by atoms with Crippen LogP contribution in [0.4, 0.5) is 11.4 Å². The van der Waals surface area contributed by atoms with Crippen molar-refractivity contribution in [1.29, 1.82) is 5.26 Å². The number of hydrogen-bond acceptors (Lipinski definition) is 6. The molecule has 4 rings (SSSR count). The molecule has 1 atom stereocenters. The van der Waals surface area contributed by atoms with E-state index in [-0.39, 0.29) is 17.6 Å². The lowest BCUT2D eigenvalue weighted by Crippen LogP contribution is -2.30. The van der Waals surface area contributed by atoms with Gasteiger partial charge in [-0.2, -0.15) is 5.26 Å². The first kappa shape index (κ1) is 24.3. The van der Waals surface area contributed by atoms with E-state index in [1.54, 1.807) is 0 Å². The van der Waals surface area contributed by atoms with Crippen LogP contribution in [-0.2, 0) is 9.59 Å². The van der Waals surface area contributed by atoms with Crippen LogP contribution in [0, 0.1) is 18.3 Å². The number of thiophene rings is 1. The maximum atomic E-state index is 13.3. The van der Waals surface area contributed by atoms with Crippen molar-refractivity contribution in [2.75, 3.05) is 16.4 Å². The molecule has 2 heterocycles. The van der Waals surface area contributed by atoms with Crippen LogP contribution in [0.2, 0.25) is 0 Å². The second kappa shape index (κ2) is 11.1. The molecule has 0 fully saturated rings. The molecule has 0 radical (unpaired) electrons. The Balaban J connectivity index is 1.58. The van der Waals surface area contributed by atoms with Gasteiger partial charge in [0, 0.05) is 27.5 Å². The topological polar surface area (TPSA) is 94.0 Å². The van der Waals surface area contributed by atoms with Gasteiger partial charge in [-0.15, -0.1) is 11.3 Å². The summed E-state index contributed by atoms with van der Waals surface area (Å²) in [7, 11) is 0. The molecule has 35 heavy (non-hydrogen) atoms. The van der Waals surface area contributed by atoms with E-state index in [2.05, 4.69) is 22.0 Å². The van der Waals surface area contributed by atoms with E-state index in [0.29, 0.717) is 27.6 Å². The molecule has 0 bridgehead atoms. The Kier molecular flexibility index (Phi) is 7.70. The Morgan fingerprint density at radius 1 is 1.03 bits per heavy atom. The van der Waals surface area contributed by atoms with Crippen LogP contribution in [0.3, 0.4) is 0 Å². The average Bonchev–Trinajstić information content (AvgIpc) is 3.37. The quantitative estimate of drug-likeness (QED) is 0.383. The zero-order chi connectivity index (χ0) is 24.8. The van der Waals surface area contributed by atoms with E-state index in [1.807, 2.05) is 86.0 Å². The Bertz CT molecular complexity index is 1340. The molecule has 0 saturated heterocycles. The van der Waals surface area contributed by atoms with Gasteiger partial charge in [0.25, 0.3) is 5.91 Å². The van der Waals surface area contributed by atoms with Crippen molar-refractivity contribution in [3.8, 4) is 6.07 Å². The Hall–Kier alpha value is -3.80. The van der Waals surface area contributed by atoms with Crippen LogP contribution in [0.15, 0.2) is 94.0 Å². The first-order valence-electron chi connectivity index (χ1n) is 11.0. The number of thioether (sulfide) groups is 1. The van der Waals surface area contributed by atoms with Crippen molar-refractivity contribution in [2.24, 2.45) is 0 Å². The smallest absolute Gasteiger partial charge is 0.254 e. The highest BCUT2D eigenvalue weighted by Gasteiger charge is 2.35. The van der Waals surface area contributed by atoms with Gasteiger partial charge in [-0.05, 0) is 55.1 Å². The third kappa shape index (κ3) is 5.83. The summed E-state index contributed by atoms with van der Waals surface area (Å²) in [6.07, 6.45) is 0. The lowest BCUT2D eigenvalue weighted by molar-refractivity contribution is -0.114. The number of amides is 2.